The molecule has 2 aromatic rings. The Morgan fingerprint density at radius 3 is 3.17 bits per heavy atom. The van der Waals surface area contributed by atoms with Gasteiger partial charge in [-0.3, -0.25) is 4.79 Å². The minimum atomic E-state index is 0.0704. The molecule has 3 rings (SSSR count). The van der Waals surface area contributed by atoms with Crippen LogP contribution in [-0.4, -0.2) is 27.7 Å². The lowest BCUT2D eigenvalue weighted by Gasteiger charge is -2.00. The molecule has 6 heteroatoms. The number of fused-ring (bicyclic) bond motifs is 1. The Kier molecular flexibility index (Phi) is 3.18. The van der Waals surface area contributed by atoms with Gasteiger partial charge in [0.25, 0.3) is 0 Å². The van der Waals surface area contributed by atoms with E-state index in [1.807, 2.05) is 12.1 Å². The van der Waals surface area contributed by atoms with Crippen molar-refractivity contribution in [3.63, 3.8) is 0 Å². The summed E-state index contributed by atoms with van der Waals surface area (Å²) in [5.74, 6) is 0.463. The van der Waals surface area contributed by atoms with Crippen molar-refractivity contribution in [1.82, 2.24) is 15.3 Å². The van der Waals surface area contributed by atoms with E-state index in [1.54, 1.807) is 6.07 Å². The number of halogens is 1. The second-order valence-electron chi connectivity index (χ2n) is 4.33. The highest BCUT2D eigenvalue weighted by atomic mass is 35.5. The average Bonchev–Trinajstić information content (AvgIpc) is 3.04. The van der Waals surface area contributed by atoms with E-state index in [0.717, 1.165) is 29.0 Å². The van der Waals surface area contributed by atoms with Crippen molar-refractivity contribution in [3.8, 4) is 0 Å². The van der Waals surface area contributed by atoms with Gasteiger partial charge in [0.2, 0.25) is 5.91 Å². The summed E-state index contributed by atoms with van der Waals surface area (Å²) in [4.78, 5) is 19.1. The maximum absolute atomic E-state index is 11.5. The van der Waals surface area contributed by atoms with Crippen LogP contribution in [0.25, 0.3) is 11.0 Å². The maximum Gasteiger partial charge on any atom is 0.230 e. The summed E-state index contributed by atoms with van der Waals surface area (Å²) in [6.07, 6.45) is 2.22. The normalized spacial score (nSPS) is 14.9. The summed E-state index contributed by atoms with van der Waals surface area (Å²) in [7, 11) is 0. The van der Waals surface area contributed by atoms with Crippen molar-refractivity contribution in [2.75, 3.05) is 5.75 Å². The number of carbonyl (C=O) groups excluding carboxylic acids is 1. The largest absolute Gasteiger partial charge is 0.353 e. The molecule has 2 N–H and O–H groups in total. The minimum absolute atomic E-state index is 0.0704. The van der Waals surface area contributed by atoms with Gasteiger partial charge in [0, 0.05) is 11.1 Å². The SMILES string of the molecule is O=C(CSc1nc2ccc(Cl)cc2[nH]1)NC1CC1. The highest BCUT2D eigenvalue weighted by Crippen LogP contribution is 2.23. The smallest absolute Gasteiger partial charge is 0.230 e. The van der Waals surface area contributed by atoms with E-state index in [9.17, 15) is 4.79 Å². The summed E-state index contributed by atoms with van der Waals surface area (Å²) in [6, 6.07) is 5.91. The molecule has 1 aromatic heterocycles. The molecule has 94 valence electrons. The van der Waals surface area contributed by atoms with Crippen LogP contribution >= 0.6 is 23.4 Å². The molecule has 1 aliphatic carbocycles. The molecule has 1 amide bonds. The van der Waals surface area contributed by atoms with Crippen LogP contribution in [0.4, 0.5) is 0 Å². The number of amides is 1. The van der Waals surface area contributed by atoms with Gasteiger partial charge >= 0.3 is 0 Å². The Morgan fingerprint density at radius 1 is 1.56 bits per heavy atom. The fourth-order valence-corrected chi connectivity index (χ4v) is 2.53. The number of benzene rings is 1. The van der Waals surface area contributed by atoms with Crippen molar-refractivity contribution in [1.29, 1.82) is 0 Å². The maximum atomic E-state index is 11.5. The van der Waals surface area contributed by atoms with Crippen molar-refractivity contribution in [2.45, 2.75) is 24.0 Å². The van der Waals surface area contributed by atoms with Crippen LogP contribution < -0.4 is 5.32 Å². The molecule has 1 saturated carbocycles. The monoisotopic (exact) mass is 281 g/mol. The third-order valence-electron chi connectivity index (χ3n) is 2.70. The molecule has 0 atom stereocenters. The molecular formula is C12H12ClN3OS. The zero-order valence-electron chi connectivity index (χ0n) is 9.57. The molecule has 0 spiro atoms. The summed E-state index contributed by atoms with van der Waals surface area (Å²) in [5.41, 5.74) is 1.76. The summed E-state index contributed by atoms with van der Waals surface area (Å²) < 4.78 is 0. The summed E-state index contributed by atoms with van der Waals surface area (Å²) in [6.45, 7) is 0. The predicted octanol–water partition coefficient (Wildman–Crippen LogP) is 2.59. The van der Waals surface area contributed by atoms with Crippen LogP contribution in [0.2, 0.25) is 5.02 Å². The first-order valence-electron chi connectivity index (χ1n) is 5.78. The molecule has 1 fully saturated rings. The predicted molar refractivity (Wildman–Crippen MR) is 73.0 cm³/mol. The Morgan fingerprint density at radius 2 is 2.39 bits per heavy atom. The Bertz CT molecular complexity index is 594. The quantitative estimate of drug-likeness (QED) is 0.847. The minimum Gasteiger partial charge on any atom is -0.353 e. The van der Waals surface area contributed by atoms with E-state index in [4.69, 9.17) is 11.6 Å². The van der Waals surface area contributed by atoms with Crippen LogP contribution in [0.5, 0.6) is 0 Å². The molecule has 1 aromatic carbocycles. The van der Waals surface area contributed by atoms with E-state index in [2.05, 4.69) is 15.3 Å². The van der Waals surface area contributed by atoms with Crippen LogP contribution in [0.15, 0.2) is 23.4 Å². The molecule has 0 saturated heterocycles. The van der Waals surface area contributed by atoms with Crippen molar-refractivity contribution in [2.24, 2.45) is 0 Å². The summed E-state index contributed by atoms with van der Waals surface area (Å²) >= 11 is 7.31. The van der Waals surface area contributed by atoms with Gasteiger partial charge in [-0.05, 0) is 31.0 Å². The van der Waals surface area contributed by atoms with Gasteiger partial charge in [-0.1, -0.05) is 23.4 Å². The number of nitrogens with one attached hydrogen (secondary N) is 2. The van der Waals surface area contributed by atoms with Crippen LogP contribution in [-0.2, 0) is 4.79 Å². The van der Waals surface area contributed by atoms with Crippen LogP contribution in [0.3, 0.4) is 0 Å². The second kappa shape index (κ2) is 4.82. The number of hydrogen-bond donors (Lipinski definition) is 2. The van der Waals surface area contributed by atoms with E-state index < -0.39 is 0 Å². The number of H-pyrrole nitrogens is 1. The lowest BCUT2D eigenvalue weighted by molar-refractivity contribution is -0.118. The van der Waals surface area contributed by atoms with Gasteiger partial charge in [-0.25, -0.2) is 4.98 Å². The lowest BCUT2D eigenvalue weighted by Crippen LogP contribution is -2.27. The van der Waals surface area contributed by atoms with Crippen LogP contribution in [0, 0.1) is 0 Å². The highest BCUT2D eigenvalue weighted by Gasteiger charge is 2.23. The Labute approximate surface area is 113 Å². The van der Waals surface area contributed by atoms with Gasteiger partial charge in [0.15, 0.2) is 5.16 Å². The lowest BCUT2D eigenvalue weighted by atomic mass is 10.3. The first kappa shape index (κ1) is 11.9. The zero-order chi connectivity index (χ0) is 12.5. The number of imidazole rings is 1. The molecule has 1 heterocycles. The van der Waals surface area contributed by atoms with Gasteiger partial charge in [-0.2, -0.15) is 0 Å². The first-order chi connectivity index (χ1) is 8.70. The molecule has 0 bridgehead atoms. The fraction of sp³-hybridized carbons (Fsp3) is 0.333. The number of hydrogen-bond acceptors (Lipinski definition) is 3. The molecule has 0 unspecified atom stereocenters. The molecule has 0 aliphatic heterocycles. The van der Waals surface area contributed by atoms with E-state index in [1.165, 1.54) is 11.8 Å². The molecule has 18 heavy (non-hydrogen) atoms. The van der Waals surface area contributed by atoms with E-state index in [-0.39, 0.29) is 5.91 Å². The zero-order valence-corrected chi connectivity index (χ0v) is 11.1. The van der Waals surface area contributed by atoms with Gasteiger partial charge in [0.1, 0.15) is 0 Å². The molecule has 0 radical (unpaired) electrons. The van der Waals surface area contributed by atoms with Gasteiger partial charge in [-0.15, -0.1) is 0 Å². The van der Waals surface area contributed by atoms with Crippen LogP contribution in [0.1, 0.15) is 12.8 Å². The third-order valence-corrected chi connectivity index (χ3v) is 3.81. The van der Waals surface area contributed by atoms with Gasteiger partial charge in [0.05, 0.1) is 16.8 Å². The fourth-order valence-electron chi connectivity index (χ4n) is 1.66. The molecule has 4 nitrogen and oxygen atoms in total. The van der Waals surface area contributed by atoms with Crippen molar-refractivity contribution < 1.29 is 4.79 Å². The molecular weight excluding hydrogens is 270 g/mol. The third kappa shape index (κ3) is 2.79. The van der Waals surface area contributed by atoms with Gasteiger partial charge < -0.3 is 10.3 Å². The standard InChI is InChI=1S/C12H12ClN3OS/c13-7-1-4-9-10(5-7)16-12(15-9)18-6-11(17)14-8-2-3-8/h1,4-5,8H,2-3,6H2,(H,14,17)(H,15,16). The number of rotatable bonds is 4. The van der Waals surface area contributed by atoms with E-state index >= 15 is 0 Å². The number of thioether (sulfide) groups is 1. The molecule has 1 aliphatic rings. The Balaban J connectivity index is 1.64. The number of nitrogens with zero attached hydrogens (tertiary/aromatic N) is 1. The highest BCUT2D eigenvalue weighted by molar-refractivity contribution is 7.99. The topological polar surface area (TPSA) is 57.8 Å². The number of carbonyl (C=O) groups is 1. The van der Waals surface area contributed by atoms with E-state index in [0.29, 0.717) is 16.8 Å². The number of aromatic amines is 1. The number of aromatic nitrogens is 2. The second-order valence-corrected chi connectivity index (χ2v) is 5.73. The first-order valence-corrected chi connectivity index (χ1v) is 7.14. The summed E-state index contributed by atoms with van der Waals surface area (Å²) in [5, 5.41) is 4.37. The Hall–Kier alpha value is -1.20. The van der Waals surface area contributed by atoms with Crippen molar-refractivity contribution in [3.05, 3.63) is 23.2 Å². The van der Waals surface area contributed by atoms with Crippen molar-refractivity contribution >= 4 is 40.3 Å². The average molecular weight is 282 g/mol.